The molecule has 5 nitrogen and oxygen atoms in total. The Balaban J connectivity index is 2.05. The third kappa shape index (κ3) is 4.39. The number of thiophene rings is 1. The molecule has 2 amide bonds. The van der Waals surface area contributed by atoms with Crippen LogP contribution in [0.25, 0.3) is 0 Å². The van der Waals surface area contributed by atoms with Gasteiger partial charge in [-0.25, -0.2) is 4.98 Å². The first kappa shape index (κ1) is 15.2. The molecule has 2 N–H and O–H groups in total. The molecule has 1 atom stereocenters. The van der Waals surface area contributed by atoms with E-state index in [0.29, 0.717) is 5.82 Å². The number of aromatic nitrogens is 1. The van der Waals surface area contributed by atoms with Crippen molar-refractivity contribution in [2.75, 3.05) is 5.32 Å². The number of pyridine rings is 1. The van der Waals surface area contributed by atoms with Crippen LogP contribution in [-0.2, 0) is 9.59 Å². The van der Waals surface area contributed by atoms with Gasteiger partial charge in [0.2, 0.25) is 11.8 Å². The van der Waals surface area contributed by atoms with Gasteiger partial charge < -0.3 is 10.6 Å². The summed E-state index contributed by atoms with van der Waals surface area (Å²) >= 11 is 1.51. The minimum Gasteiger partial charge on any atom is -0.348 e. The quantitative estimate of drug-likeness (QED) is 0.892. The van der Waals surface area contributed by atoms with Crippen LogP contribution in [0.1, 0.15) is 29.8 Å². The molecule has 2 aromatic rings. The molecule has 0 fully saturated rings. The zero-order chi connectivity index (χ0) is 15.2. The Morgan fingerprint density at radius 2 is 2.14 bits per heavy atom. The molecule has 0 bridgehead atoms. The molecule has 0 spiro atoms. The molecule has 0 saturated carbocycles. The molecule has 2 aromatic heterocycles. The summed E-state index contributed by atoms with van der Waals surface area (Å²) in [7, 11) is 0. The Bertz CT molecular complexity index is 626. The number of amides is 2. The van der Waals surface area contributed by atoms with Crippen molar-refractivity contribution >= 4 is 29.0 Å². The van der Waals surface area contributed by atoms with Gasteiger partial charge in [0, 0.05) is 18.0 Å². The second kappa shape index (κ2) is 6.99. The number of carbonyl (C=O) groups is 2. The van der Waals surface area contributed by atoms with Crippen molar-refractivity contribution < 1.29 is 9.59 Å². The third-order valence-electron chi connectivity index (χ3n) is 2.92. The Hall–Kier alpha value is -2.21. The van der Waals surface area contributed by atoms with Crippen molar-refractivity contribution in [1.29, 1.82) is 0 Å². The van der Waals surface area contributed by atoms with Crippen molar-refractivity contribution in [3.63, 3.8) is 0 Å². The number of anilines is 1. The van der Waals surface area contributed by atoms with E-state index in [4.69, 9.17) is 0 Å². The lowest BCUT2D eigenvalue weighted by Gasteiger charge is -2.16. The van der Waals surface area contributed by atoms with Crippen LogP contribution in [0, 0.1) is 6.92 Å². The summed E-state index contributed by atoms with van der Waals surface area (Å²) in [6.45, 7) is 3.33. The predicted octanol–water partition coefficient (Wildman–Crippen LogP) is 2.66. The van der Waals surface area contributed by atoms with Gasteiger partial charge in [0.25, 0.3) is 0 Å². The van der Waals surface area contributed by atoms with Gasteiger partial charge in [-0.15, -0.1) is 11.3 Å². The predicted molar refractivity (Wildman–Crippen MR) is 83.1 cm³/mol. The SMILES string of the molecule is CC(=O)N[C@@H](CC(=O)Nc1ncccc1C)c1cccs1. The lowest BCUT2D eigenvalue weighted by Crippen LogP contribution is -2.29. The van der Waals surface area contributed by atoms with E-state index in [1.807, 2.05) is 36.6 Å². The average Bonchev–Trinajstić information content (AvgIpc) is 2.94. The van der Waals surface area contributed by atoms with Gasteiger partial charge in [0.15, 0.2) is 0 Å². The molecule has 6 heteroatoms. The fraction of sp³-hybridized carbons (Fsp3) is 0.267. The minimum absolute atomic E-state index is 0.157. The molecule has 0 aromatic carbocycles. The number of nitrogens with one attached hydrogen (secondary N) is 2. The van der Waals surface area contributed by atoms with Crippen molar-refractivity contribution in [3.05, 3.63) is 46.3 Å². The van der Waals surface area contributed by atoms with E-state index in [1.54, 1.807) is 6.20 Å². The van der Waals surface area contributed by atoms with Crippen LogP contribution in [0.15, 0.2) is 35.8 Å². The highest BCUT2D eigenvalue weighted by Gasteiger charge is 2.18. The highest BCUT2D eigenvalue weighted by molar-refractivity contribution is 7.10. The fourth-order valence-electron chi connectivity index (χ4n) is 1.94. The summed E-state index contributed by atoms with van der Waals surface area (Å²) in [5, 5.41) is 7.50. The van der Waals surface area contributed by atoms with Crippen molar-refractivity contribution in [1.82, 2.24) is 10.3 Å². The number of aryl methyl sites for hydroxylation is 1. The van der Waals surface area contributed by atoms with Crippen LogP contribution in [0.3, 0.4) is 0 Å². The van der Waals surface area contributed by atoms with Crippen molar-refractivity contribution in [2.45, 2.75) is 26.3 Å². The summed E-state index contributed by atoms with van der Waals surface area (Å²) in [5.74, 6) is 0.217. The number of hydrogen-bond donors (Lipinski definition) is 2. The van der Waals surface area contributed by atoms with E-state index < -0.39 is 0 Å². The lowest BCUT2D eigenvalue weighted by atomic mass is 10.1. The molecule has 2 rings (SSSR count). The van der Waals surface area contributed by atoms with Gasteiger partial charge in [-0.2, -0.15) is 0 Å². The van der Waals surface area contributed by atoms with Gasteiger partial charge in [-0.1, -0.05) is 12.1 Å². The number of hydrogen-bond acceptors (Lipinski definition) is 4. The number of rotatable bonds is 5. The molecule has 0 saturated heterocycles. The number of nitrogens with zero attached hydrogens (tertiary/aromatic N) is 1. The van der Waals surface area contributed by atoms with E-state index in [1.165, 1.54) is 18.3 Å². The van der Waals surface area contributed by atoms with E-state index in [2.05, 4.69) is 15.6 Å². The van der Waals surface area contributed by atoms with Gasteiger partial charge in [-0.05, 0) is 30.0 Å². The maximum absolute atomic E-state index is 12.2. The van der Waals surface area contributed by atoms with Crippen molar-refractivity contribution in [3.8, 4) is 0 Å². The molecule has 0 aliphatic carbocycles. The summed E-state index contributed by atoms with van der Waals surface area (Å²) < 4.78 is 0. The first-order valence-corrected chi connectivity index (χ1v) is 7.46. The van der Waals surface area contributed by atoms with Crippen LogP contribution in [0.4, 0.5) is 5.82 Å². The second-order valence-electron chi connectivity index (χ2n) is 4.69. The van der Waals surface area contributed by atoms with Gasteiger partial charge in [-0.3, -0.25) is 9.59 Å². The molecule has 0 unspecified atom stereocenters. The molecule has 0 aliphatic heterocycles. The normalized spacial score (nSPS) is 11.7. The molecular formula is C15H17N3O2S. The molecule has 110 valence electrons. The van der Waals surface area contributed by atoms with Crippen LogP contribution in [0.2, 0.25) is 0 Å². The molecular weight excluding hydrogens is 286 g/mol. The highest BCUT2D eigenvalue weighted by Crippen LogP contribution is 2.22. The van der Waals surface area contributed by atoms with E-state index in [0.717, 1.165) is 10.4 Å². The van der Waals surface area contributed by atoms with Crippen LogP contribution in [0.5, 0.6) is 0 Å². The molecule has 0 radical (unpaired) electrons. The number of carbonyl (C=O) groups excluding carboxylic acids is 2. The van der Waals surface area contributed by atoms with E-state index in [9.17, 15) is 9.59 Å². The average molecular weight is 303 g/mol. The zero-order valence-corrected chi connectivity index (χ0v) is 12.7. The third-order valence-corrected chi connectivity index (χ3v) is 3.91. The van der Waals surface area contributed by atoms with E-state index in [-0.39, 0.29) is 24.3 Å². The monoisotopic (exact) mass is 303 g/mol. The van der Waals surface area contributed by atoms with Crippen LogP contribution in [-0.4, -0.2) is 16.8 Å². The Labute approximate surface area is 127 Å². The first-order valence-electron chi connectivity index (χ1n) is 6.58. The van der Waals surface area contributed by atoms with Gasteiger partial charge >= 0.3 is 0 Å². The summed E-state index contributed by atoms with van der Waals surface area (Å²) in [6, 6.07) is 7.19. The maximum Gasteiger partial charge on any atom is 0.227 e. The Morgan fingerprint density at radius 3 is 2.76 bits per heavy atom. The van der Waals surface area contributed by atoms with E-state index >= 15 is 0 Å². The van der Waals surface area contributed by atoms with Gasteiger partial charge in [0.1, 0.15) is 5.82 Å². The standard InChI is InChI=1S/C15H17N3O2S/c1-10-5-3-7-16-15(10)18-14(20)9-12(17-11(2)19)13-6-4-8-21-13/h3-8,12H,9H2,1-2H3,(H,17,19)(H,16,18,20)/t12-/m0/s1. The highest BCUT2D eigenvalue weighted by atomic mass is 32.1. The maximum atomic E-state index is 12.2. The van der Waals surface area contributed by atoms with Crippen LogP contribution < -0.4 is 10.6 Å². The van der Waals surface area contributed by atoms with Crippen LogP contribution >= 0.6 is 11.3 Å². The second-order valence-corrected chi connectivity index (χ2v) is 5.67. The minimum atomic E-state index is -0.313. The largest absolute Gasteiger partial charge is 0.348 e. The Kier molecular flexibility index (Phi) is 5.05. The molecule has 21 heavy (non-hydrogen) atoms. The summed E-state index contributed by atoms with van der Waals surface area (Å²) in [5.41, 5.74) is 0.901. The summed E-state index contributed by atoms with van der Waals surface area (Å²) in [6.07, 6.45) is 1.81. The van der Waals surface area contributed by atoms with Crippen molar-refractivity contribution in [2.24, 2.45) is 0 Å². The zero-order valence-electron chi connectivity index (χ0n) is 11.9. The molecule has 0 aliphatic rings. The smallest absolute Gasteiger partial charge is 0.227 e. The Morgan fingerprint density at radius 1 is 1.33 bits per heavy atom. The van der Waals surface area contributed by atoms with Gasteiger partial charge in [0.05, 0.1) is 12.5 Å². The summed E-state index contributed by atoms with van der Waals surface area (Å²) in [4.78, 5) is 28.5. The molecule has 2 heterocycles. The fourth-order valence-corrected chi connectivity index (χ4v) is 2.72. The topological polar surface area (TPSA) is 71.1 Å². The lowest BCUT2D eigenvalue weighted by molar-refractivity contribution is -0.120. The first-order chi connectivity index (χ1) is 10.1.